The van der Waals surface area contributed by atoms with Crippen LogP contribution in [0.25, 0.3) is 21.3 Å². The molecular formula is C17H17FN2OS. The second-order valence-corrected chi connectivity index (χ2v) is 6.60. The van der Waals surface area contributed by atoms with E-state index in [0.717, 1.165) is 41.0 Å². The molecule has 22 heavy (non-hydrogen) atoms. The van der Waals surface area contributed by atoms with Crippen LogP contribution in [0, 0.1) is 5.82 Å². The van der Waals surface area contributed by atoms with Gasteiger partial charge in [-0.05, 0) is 31.2 Å². The molecule has 0 aliphatic carbocycles. The van der Waals surface area contributed by atoms with E-state index in [9.17, 15) is 4.39 Å². The molecule has 3 heterocycles. The Bertz CT molecular complexity index is 810. The lowest BCUT2D eigenvalue weighted by molar-refractivity contribution is 0.0532. The van der Waals surface area contributed by atoms with Gasteiger partial charge < -0.3 is 14.6 Å². The van der Waals surface area contributed by atoms with Gasteiger partial charge in [0.1, 0.15) is 5.82 Å². The molecule has 114 valence electrons. The van der Waals surface area contributed by atoms with Crippen LogP contribution in [0.1, 0.15) is 6.92 Å². The Balaban J connectivity index is 1.72. The van der Waals surface area contributed by atoms with Crippen LogP contribution in [-0.2, 0) is 4.74 Å². The van der Waals surface area contributed by atoms with Crippen LogP contribution < -0.4 is 4.90 Å². The molecule has 1 aliphatic heterocycles. The van der Waals surface area contributed by atoms with E-state index in [1.54, 1.807) is 17.4 Å². The number of nitrogens with zero attached hydrogens (tertiary/aromatic N) is 1. The molecule has 0 bridgehead atoms. The van der Waals surface area contributed by atoms with Crippen molar-refractivity contribution in [2.24, 2.45) is 0 Å². The Labute approximate surface area is 132 Å². The van der Waals surface area contributed by atoms with E-state index >= 15 is 0 Å². The van der Waals surface area contributed by atoms with Crippen molar-refractivity contribution in [1.29, 1.82) is 0 Å². The van der Waals surface area contributed by atoms with Crippen LogP contribution in [0.4, 0.5) is 10.1 Å². The van der Waals surface area contributed by atoms with Crippen molar-refractivity contribution in [3.05, 3.63) is 41.7 Å². The van der Waals surface area contributed by atoms with Gasteiger partial charge in [-0.3, -0.25) is 0 Å². The van der Waals surface area contributed by atoms with Gasteiger partial charge >= 0.3 is 0 Å². The first-order valence-corrected chi connectivity index (χ1v) is 8.31. The minimum Gasteiger partial charge on any atom is -0.375 e. The third kappa shape index (κ3) is 2.40. The minimum absolute atomic E-state index is 0.208. The van der Waals surface area contributed by atoms with Gasteiger partial charge in [0.2, 0.25) is 0 Å². The fourth-order valence-electron chi connectivity index (χ4n) is 3.02. The summed E-state index contributed by atoms with van der Waals surface area (Å²) in [7, 11) is 0. The molecule has 2 aromatic heterocycles. The summed E-state index contributed by atoms with van der Waals surface area (Å²) in [6.07, 6.45) is 2.11. The Morgan fingerprint density at radius 2 is 2.27 bits per heavy atom. The zero-order chi connectivity index (χ0) is 15.1. The fraction of sp³-hybridized carbons (Fsp3) is 0.294. The average molecular weight is 316 g/mol. The van der Waals surface area contributed by atoms with Crippen LogP contribution in [0.3, 0.4) is 0 Å². The molecule has 1 fully saturated rings. The molecule has 0 spiro atoms. The largest absolute Gasteiger partial charge is 0.375 e. The first-order chi connectivity index (χ1) is 10.7. The third-order valence-corrected chi connectivity index (χ3v) is 5.04. The Kier molecular flexibility index (Phi) is 3.39. The lowest BCUT2D eigenvalue weighted by atomic mass is 10.1. The van der Waals surface area contributed by atoms with E-state index in [2.05, 4.69) is 28.3 Å². The van der Waals surface area contributed by atoms with Crippen molar-refractivity contribution >= 4 is 27.9 Å². The van der Waals surface area contributed by atoms with E-state index in [4.69, 9.17) is 4.74 Å². The van der Waals surface area contributed by atoms with Gasteiger partial charge in [-0.1, -0.05) is 0 Å². The molecule has 1 aromatic carbocycles. The van der Waals surface area contributed by atoms with Crippen LogP contribution in [0.2, 0.25) is 0 Å². The van der Waals surface area contributed by atoms with Crippen molar-refractivity contribution in [3.8, 4) is 10.4 Å². The van der Waals surface area contributed by atoms with Gasteiger partial charge in [-0.25, -0.2) is 4.39 Å². The highest BCUT2D eigenvalue weighted by molar-refractivity contribution is 7.14. The quantitative estimate of drug-likeness (QED) is 0.765. The maximum atomic E-state index is 13.8. The minimum atomic E-state index is -0.208. The number of hydrogen-bond donors (Lipinski definition) is 1. The zero-order valence-electron chi connectivity index (χ0n) is 12.3. The molecule has 3 nitrogen and oxygen atoms in total. The number of rotatable bonds is 2. The highest BCUT2D eigenvalue weighted by Crippen LogP contribution is 2.36. The second-order valence-electron chi connectivity index (χ2n) is 5.69. The molecule has 1 unspecified atom stereocenters. The number of fused-ring (bicyclic) bond motifs is 1. The normalized spacial score (nSPS) is 19.0. The number of thiophene rings is 1. The number of H-pyrrole nitrogens is 1. The Hall–Kier alpha value is -1.85. The predicted octanol–water partition coefficient (Wildman–Crippen LogP) is 4.26. The van der Waals surface area contributed by atoms with E-state index < -0.39 is 0 Å². The molecule has 0 saturated carbocycles. The second kappa shape index (κ2) is 5.41. The smallest absolute Gasteiger partial charge is 0.125 e. The number of nitrogens with one attached hydrogen (secondary N) is 1. The van der Waals surface area contributed by atoms with Gasteiger partial charge in [0.05, 0.1) is 12.7 Å². The van der Waals surface area contributed by atoms with Gasteiger partial charge in [0, 0.05) is 51.7 Å². The van der Waals surface area contributed by atoms with E-state index in [1.807, 2.05) is 12.3 Å². The van der Waals surface area contributed by atoms with Crippen molar-refractivity contribution in [3.63, 3.8) is 0 Å². The standard InChI is InChI=1S/C17H17FN2OS/c1-11-9-20(4-5-21-11)13-8-17(22-10-13)15-6-12(18)7-16-14(15)2-3-19-16/h2-3,6-8,10-11,19H,4-5,9H2,1H3. The van der Waals surface area contributed by atoms with Gasteiger partial charge in [-0.2, -0.15) is 0 Å². The summed E-state index contributed by atoms with van der Waals surface area (Å²) in [5.41, 5.74) is 2.99. The monoisotopic (exact) mass is 316 g/mol. The molecule has 1 saturated heterocycles. The summed E-state index contributed by atoms with van der Waals surface area (Å²) in [5, 5.41) is 3.21. The van der Waals surface area contributed by atoms with Gasteiger partial charge in [0.25, 0.3) is 0 Å². The number of hydrogen-bond acceptors (Lipinski definition) is 3. The number of anilines is 1. The van der Waals surface area contributed by atoms with Crippen LogP contribution in [0.15, 0.2) is 35.8 Å². The summed E-state index contributed by atoms with van der Waals surface area (Å²) in [5.74, 6) is -0.208. The van der Waals surface area contributed by atoms with E-state index in [1.165, 1.54) is 11.8 Å². The molecule has 0 amide bonds. The number of morpholine rings is 1. The van der Waals surface area contributed by atoms with Crippen LogP contribution in [-0.4, -0.2) is 30.8 Å². The van der Waals surface area contributed by atoms with Crippen molar-refractivity contribution in [1.82, 2.24) is 4.98 Å². The SMILES string of the molecule is CC1CN(c2csc(-c3cc(F)cc4[nH]ccc34)c2)CCO1. The molecule has 1 N–H and O–H groups in total. The summed E-state index contributed by atoms with van der Waals surface area (Å²) < 4.78 is 19.4. The number of ether oxygens (including phenoxy) is 1. The first-order valence-electron chi connectivity index (χ1n) is 7.43. The summed E-state index contributed by atoms with van der Waals surface area (Å²) in [6.45, 7) is 4.66. The van der Waals surface area contributed by atoms with Crippen LogP contribution in [0.5, 0.6) is 0 Å². The van der Waals surface area contributed by atoms with Crippen molar-refractivity contribution in [2.75, 3.05) is 24.6 Å². The number of aromatic amines is 1. The molecule has 4 rings (SSSR count). The molecule has 5 heteroatoms. The van der Waals surface area contributed by atoms with E-state index in [0.29, 0.717) is 0 Å². The molecule has 0 radical (unpaired) electrons. The maximum absolute atomic E-state index is 13.8. The van der Waals surface area contributed by atoms with Gasteiger partial charge in [0.15, 0.2) is 0 Å². The Morgan fingerprint density at radius 1 is 1.36 bits per heavy atom. The summed E-state index contributed by atoms with van der Waals surface area (Å²) in [4.78, 5) is 6.51. The fourth-order valence-corrected chi connectivity index (χ4v) is 3.97. The number of aromatic nitrogens is 1. The zero-order valence-corrected chi connectivity index (χ0v) is 13.1. The van der Waals surface area contributed by atoms with Crippen molar-refractivity contribution < 1.29 is 9.13 Å². The highest BCUT2D eigenvalue weighted by Gasteiger charge is 2.19. The lowest BCUT2D eigenvalue weighted by Gasteiger charge is -2.32. The Morgan fingerprint density at radius 3 is 3.14 bits per heavy atom. The first kappa shape index (κ1) is 13.8. The molecule has 1 atom stereocenters. The third-order valence-electron chi connectivity index (χ3n) is 4.09. The maximum Gasteiger partial charge on any atom is 0.125 e. The molecular weight excluding hydrogens is 299 g/mol. The predicted molar refractivity (Wildman–Crippen MR) is 89.2 cm³/mol. The summed E-state index contributed by atoms with van der Waals surface area (Å²) in [6, 6.07) is 7.31. The topological polar surface area (TPSA) is 28.3 Å². The average Bonchev–Trinajstić information content (AvgIpc) is 3.15. The number of benzene rings is 1. The van der Waals surface area contributed by atoms with Crippen LogP contribution >= 0.6 is 11.3 Å². The molecule has 3 aromatic rings. The summed E-state index contributed by atoms with van der Waals surface area (Å²) >= 11 is 1.66. The lowest BCUT2D eigenvalue weighted by Crippen LogP contribution is -2.40. The van der Waals surface area contributed by atoms with Gasteiger partial charge in [-0.15, -0.1) is 11.3 Å². The molecule has 1 aliphatic rings. The van der Waals surface area contributed by atoms with Crippen molar-refractivity contribution in [2.45, 2.75) is 13.0 Å². The highest BCUT2D eigenvalue weighted by atomic mass is 32.1. The van der Waals surface area contributed by atoms with E-state index in [-0.39, 0.29) is 11.9 Å². The number of halogens is 1.